The summed E-state index contributed by atoms with van der Waals surface area (Å²) in [6.45, 7) is 2.18. The minimum absolute atomic E-state index is 0.492. The van der Waals surface area contributed by atoms with Gasteiger partial charge in [-0.3, -0.25) is 0 Å². The number of rotatable bonds is 3. The molecule has 0 amide bonds. The van der Waals surface area contributed by atoms with Gasteiger partial charge in [0, 0.05) is 10.2 Å². The fraction of sp³-hybridized carbons (Fsp3) is 0.400. The minimum atomic E-state index is 0.492. The molecule has 0 saturated carbocycles. The molecule has 0 spiro atoms. The quantitative estimate of drug-likeness (QED) is 0.723. The monoisotopic (exact) mass is 290 g/mol. The van der Waals surface area contributed by atoms with Gasteiger partial charge in [0.25, 0.3) is 0 Å². The Morgan fingerprint density at radius 3 is 2.58 bits per heavy atom. The Kier molecular flexibility index (Phi) is 4.30. The predicted molar refractivity (Wildman–Crippen MR) is 61.0 cm³/mol. The third-order valence-corrected chi connectivity index (χ3v) is 3.64. The van der Waals surface area contributed by atoms with E-state index in [2.05, 4.69) is 63.0 Å². The lowest BCUT2D eigenvalue weighted by molar-refractivity contribution is 0.901. The smallest absolute Gasteiger partial charge is 0.0395 e. The van der Waals surface area contributed by atoms with E-state index in [1.165, 1.54) is 11.1 Å². The van der Waals surface area contributed by atoms with E-state index in [0.717, 1.165) is 11.8 Å². The maximum Gasteiger partial charge on any atom is 0.0395 e. The van der Waals surface area contributed by atoms with E-state index in [4.69, 9.17) is 0 Å². The van der Waals surface area contributed by atoms with Crippen LogP contribution in [0.25, 0.3) is 0 Å². The molecule has 66 valence electrons. The first-order valence-electron chi connectivity index (χ1n) is 4.07. The van der Waals surface area contributed by atoms with Crippen LogP contribution in [0.4, 0.5) is 0 Å². The van der Waals surface area contributed by atoms with Crippen LogP contribution >= 0.6 is 31.9 Å². The molecule has 1 unspecified atom stereocenters. The molecule has 1 aromatic rings. The number of benzene rings is 1. The van der Waals surface area contributed by atoms with Crippen LogP contribution in [0, 0.1) is 0 Å². The highest BCUT2D eigenvalue weighted by molar-refractivity contribution is 9.09. The summed E-state index contributed by atoms with van der Waals surface area (Å²) < 4.78 is 0. The summed E-state index contributed by atoms with van der Waals surface area (Å²) in [5, 5.41) is 0.936. The van der Waals surface area contributed by atoms with Gasteiger partial charge >= 0.3 is 0 Å². The molecule has 0 heterocycles. The van der Waals surface area contributed by atoms with Crippen LogP contribution in [0.1, 0.15) is 29.3 Å². The third kappa shape index (κ3) is 2.33. The summed E-state index contributed by atoms with van der Waals surface area (Å²) in [5.41, 5.74) is 2.78. The van der Waals surface area contributed by atoms with Crippen molar-refractivity contribution >= 4 is 31.9 Å². The average Bonchev–Trinajstić information content (AvgIpc) is 2.16. The molecule has 0 fully saturated rings. The van der Waals surface area contributed by atoms with Gasteiger partial charge in [-0.05, 0) is 17.5 Å². The van der Waals surface area contributed by atoms with E-state index < -0.39 is 0 Å². The first-order valence-corrected chi connectivity index (χ1v) is 6.11. The second-order valence-corrected chi connectivity index (χ2v) is 4.37. The van der Waals surface area contributed by atoms with Crippen molar-refractivity contribution in [3.05, 3.63) is 35.4 Å². The van der Waals surface area contributed by atoms with Gasteiger partial charge in [0.2, 0.25) is 0 Å². The topological polar surface area (TPSA) is 0 Å². The van der Waals surface area contributed by atoms with Gasteiger partial charge in [0.1, 0.15) is 0 Å². The lowest BCUT2D eigenvalue weighted by atomic mass is 10.0. The largest absolute Gasteiger partial charge is 0.0876 e. The Balaban J connectivity index is 2.96. The molecule has 1 atom stereocenters. The number of alkyl halides is 2. The molecule has 0 aliphatic carbocycles. The highest BCUT2D eigenvalue weighted by atomic mass is 79.9. The van der Waals surface area contributed by atoms with Crippen molar-refractivity contribution in [2.75, 3.05) is 0 Å². The van der Waals surface area contributed by atoms with Gasteiger partial charge in [-0.1, -0.05) is 63.0 Å². The van der Waals surface area contributed by atoms with Crippen molar-refractivity contribution in [3.8, 4) is 0 Å². The number of hydrogen-bond donors (Lipinski definition) is 0. The second-order valence-electron chi connectivity index (χ2n) is 2.71. The summed E-state index contributed by atoms with van der Waals surface area (Å²) in [5.74, 6) is 0. The summed E-state index contributed by atoms with van der Waals surface area (Å²) in [4.78, 5) is 0.492. The Hall–Kier alpha value is 0.180. The lowest BCUT2D eigenvalue weighted by Crippen LogP contribution is -1.92. The van der Waals surface area contributed by atoms with Crippen LogP contribution in [0.15, 0.2) is 24.3 Å². The molecule has 0 radical (unpaired) electrons. The van der Waals surface area contributed by atoms with Gasteiger partial charge in [-0.25, -0.2) is 0 Å². The van der Waals surface area contributed by atoms with Crippen molar-refractivity contribution in [3.63, 3.8) is 0 Å². The molecule has 1 rings (SSSR count). The predicted octanol–water partition coefficient (Wildman–Crippen LogP) is 4.43. The van der Waals surface area contributed by atoms with Crippen LogP contribution in [0.5, 0.6) is 0 Å². The Morgan fingerprint density at radius 1 is 1.33 bits per heavy atom. The zero-order chi connectivity index (χ0) is 8.97. The summed E-state index contributed by atoms with van der Waals surface area (Å²) in [6, 6.07) is 8.51. The van der Waals surface area contributed by atoms with Crippen molar-refractivity contribution in [1.82, 2.24) is 0 Å². The molecule has 0 saturated heterocycles. The molecule has 1 aromatic carbocycles. The van der Waals surface area contributed by atoms with E-state index in [9.17, 15) is 0 Å². The lowest BCUT2D eigenvalue weighted by Gasteiger charge is -2.11. The zero-order valence-corrected chi connectivity index (χ0v) is 10.2. The first kappa shape index (κ1) is 10.3. The highest BCUT2D eigenvalue weighted by Gasteiger charge is 2.07. The maximum atomic E-state index is 3.66. The molecule has 0 nitrogen and oxygen atoms in total. The Bertz CT molecular complexity index is 245. The van der Waals surface area contributed by atoms with E-state index in [1.807, 2.05) is 0 Å². The van der Waals surface area contributed by atoms with E-state index in [-0.39, 0.29) is 0 Å². The normalized spacial score (nSPS) is 12.9. The summed E-state index contributed by atoms with van der Waals surface area (Å²) in [6.07, 6.45) is 1.13. The van der Waals surface area contributed by atoms with Gasteiger partial charge in [-0.2, -0.15) is 0 Å². The minimum Gasteiger partial charge on any atom is -0.0876 e. The Morgan fingerprint density at radius 2 is 2.00 bits per heavy atom. The fourth-order valence-corrected chi connectivity index (χ4v) is 2.14. The van der Waals surface area contributed by atoms with Gasteiger partial charge in [-0.15, -0.1) is 0 Å². The van der Waals surface area contributed by atoms with Crippen LogP contribution in [0.2, 0.25) is 0 Å². The molecule has 2 heteroatoms. The van der Waals surface area contributed by atoms with Crippen molar-refractivity contribution in [2.24, 2.45) is 0 Å². The van der Waals surface area contributed by atoms with Crippen LogP contribution in [-0.4, -0.2) is 0 Å². The first-order chi connectivity index (χ1) is 5.79. The van der Waals surface area contributed by atoms with Gasteiger partial charge in [0.15, 0.2) is 0 Å². The SMILES string of the molecule is CCC(Br)c1ccccc1CBr. The molecule has 0 bridgehead atoms. The molecule has 0 aliphatic rings. The zero-order valence-electron chi connectivity index (χ0n) is 7.06. The van der Waals surface area contributed by atoms with Crippen molar-refractivity contribution < 1.29 is 0 Å². The molecule has 0 N–H and O–H groups in total. The molecular weight excluding hydrogens is 280 g/mol. The van der Waals surface area contributed by atoms with Crippen molar-refractivity contribution in [2.45, 2.75) is 23.5 Å². The van der Waals surface area contributed by atoms with Gasteiger partial charge < -0.3 is 0 Å². The fourth-order valence-electron chi connectivity index (χ4n) is 1.18. The second kappa shape index (κ2) is 5.03. The maximum absolute atomic E-state index is 3.66. The highest BCUT2D eigenvalue weighted by Crippen LogP contribution is 2.29. The van der Waals surface area contributed by atoms with Crippen molar-refractivity contribution in [1.29, 1.82) is 0 Å². The van der Waals surface area contributed by atoms with Crippen LogP contribution < -0.4 is 0 Å². The molecule has 12 heavy (non-hydrogen) atoms. The van der Waals surface area contributed by atoms with Crippen LogP contribution in [0.3, 0.4) is 0 Å². The molecular formula is C10H12Br2. The number of hydrogen-bond acceptors (Lipinski definition) is 0. The molecule has 0 aliphatic heterocycles. The van der Waals surface area contributed by atoms with Crippen LogP contribution in [-0.2, 0) is 5.33 Å². The summed E-state index contributed by atoms with van der Waals surface area (Å²) >= 11 is 7.14. The summed E-state index contributed by atoms with van der Waals surface area (Å²) in [7, 11) is 0. The standard InChI is InChI=1S/C10H12Br2/c1-2-10(12)9-6-4-3-5-8(9)7-11/h3-6,10H,2,7H2,1H3. The number of halogens is 2. The van der Waals surface area contributed by atoms with E-state index in [1.54, 1.807) is 0 Å². The van der Waals surface area contributed by atoms with E-state index >= 15 is 0 Å². The van der Waals surface area contributed by atoms with Gasteiger partial charge in [0.05, 0.1) is 0 Å². The average molecular weight is 292 g/mol. The molecule has 0 aromatic heterocycles. The third-order valence-electron chi connectivity index (χ3n) is 1.89. The Labute approximate surface area is 90.6 Å². The van der Waals surface area contributed by atoms with E-state index in [0.29, 0.717) is 4.83 Å².